The molecule has 3 aliphatic rings. The second-order valence-corrected chi connectivity index (χ2v) is 22.8. The average Bonchev–Trinajstić information content (AvgIpc) is 4.14. The van der Waals surface area contributed by atoms with E-state index in [2.05, 4.69) is 113 Å². The lowest BCUT2D eigenvalue weighted by Crippen LogP contribution is -2.58. The third-order valence-electron chi connectivity index (χ3n) is 13.5. The van der Waals surface area contributed by atoms with Gasteiger partial charge in [-0.1, -0.05) is 144 Å². The Morgan fingerprint density at radius 3 is 1.89 bits per heavy atom. The van der Waals surface area contributed by atoms with E-state index in [1.165, 1.54) is 10.4 Å². The normalized spacial score (nSPS) is 22.5. The molecule has 10 rings (SSSR count). The van der Waals surface area contributed by atoms with E-state index in [4.69, 9.17) is 28.0 Å². The Labute approximate surface area is 376 Å². The van der Waals surface area contributed by atoms with Gasteiger partial charge in [-0.05, 0) is 72.0 Å². The fourth-order valence-electron chi connectivity index (χ4n) is 10.2. The van der Waals surface area contributed by atoms with Gasteiger partial charge >= 0.3 is 5.69 Å². The molecule has 1 N–H and O–H groups in total. The molecule has 10 nitrogen and oxygen atoms in total. The zero-order chi connectivity index (χ0) is 43.7. The number of imidazole rings is 1. The monoisotopic (exact) mass is 891 g/mol. The molecule has 0 saturated carbocycles. The van der Waals surface area contributed by atoms with Gasteiger partial charge in [0, 0.05) is 19.0 Å². The third-order valence-corrected chi connectivity index (χ3v) is 19.8. The van der Waals surface area contributed by atoms with E-state index in [0.29, 0.717) is 6.42 Å². The minimum atomic E-state index is -2.24. The van der Waals surface area contributed by atoms with Gasteiger partial charge in [-0.2, -0.15) is 0 Å². The largest absolute Gasteiger partial charge is 0.497 e. The van der Waals surface area contributed by atoms with Crippen molar-refractivity contribution >= 4 is 38.0 Å². The van der Waals surface area contributed by atoms with Gasteiger partial charge < -0.3 is 33.0 Å². The molecule has 3 fully saturated rings. The molecule has 0 radical (unpaired) electrons. The molecular formula is C52H54N3O7PSi. The molecule has 6 atom stereocenters. The summed E-state index contributed by atoms with van der Waals surface area (Å²) in [5.41, 5.74) is 3.01. The van der Waals surface area contributed by atoms with Crippen LogP contribution in [0.3, 0.4) is 0 Å². The first-order valence-electron chi connectivity index (χ1n) is 22.2. The lowest BCUT2D eigenvalue weighted by molar-refractivity contribution is -0.0910. The van der Waals surface area contributed by atoms with Crippen LogP contribution in [0.4, 0.5) is 0 Å². The molecule has 6 aromatic carbocycles. The second-order valence-electron chi connectivity index (χ2n) is 17.2. The lowest BCUT2D eigenvalue weighted by atomic mass is 9.80. The van der Waals surface area contributed by atoms with Gasteiger partial charge in [-0.25, -0.2) is 9.46 Å². The van der Waals surface area contributed by atoms with E-state index >= 15 is 0 Å². The number of aromatic amines is 1. The van der Waals surface area contributed by atoms with Crippen LogP contribution in [-0.4, -0.2) is 74.0 Å². The van der Waals surface area contributed by atoms with Crippen molar-refractivity contribution in [2.75, 3.05) is 27.4 Å². The number of nitrogens with zero attached hydrogens (tertiary/aromatic N) is 2. The topological polar surface area (TPSA) is 96.4 Å². The maximum absolute atomic E-state index is 13.7. The highest BCUT2D eigenvalue weighted by Gasteiger charge is 2.52. The molecule has 0 unspecified atom stereocenters. The Morgan fingerprint density at radius 1 is 0.719 bits per heavy atom. The number of hydrogen-bond acceptors (Lipinski definition) is 8. The quantitative estimate of drug-likeness (QED) is 0.0620. The molecule has 0 spiro atoms. The molecule has 1 aromatic heterocycles. The third kappa shape index (κ3) is 7.94. The summed E-state index contributed by atoms with van der Waals surface area (Å²) in [5.74, 6) is 1.49. The van der Waals surface area contributed by atoms with Crippen LogP contribution in [0.5, 0.6) is 11.5 Å². The van der Waals surface area contributed by atoms with Crippen molar-refractivity contribution in [1.29, 1.82) is 0 Å². The van der Waals surface area contributed by atoms with E-state index in [1.54, 1.807) is 18.8 Å². The van der Waals surface area contributed by atoms with Crippen molar-refractivity contribution in [3.8, 4) is 11.5 Å². The first-order valence-corrected chi connectivity index (χ1v) is 26.1. The van der Waals surface area contributed by atoms with Crippen LogP contribution < -0.4 is 25.5 Å². The van der Waals surface area contributed by atoms with Crippen LogP contribution in [0, 0.1) is 0 Å². The molecular weight excluding hydrogens is 838 g/mol. The molecule has 0 amide bonds. The zero-order valence-corrected chi connectivity index (χ0v) is 38.3. The molecule has 0 aliphatic carbocycles. The molecule has 64 heavy (non-hydrogen) atoms. The Balaban J connectivity index is 1.01. The summed E-state index contributed by atoms with van der Waals surface area (Å²) in [6.07, 6.45) is 0.964. The maximum Gasteiger partial charge on any atom is 0.328 e. The number of methoxy groups -OCH3 is 2. The van der Waals surface area contributed by atoms with Crippen LogP contribution in [0.1, 0.15) is 42.2 Å². The number of ether oxygens (including phenoxy) is 4. The fraction of sp³-hybridized carbons (Fsp3) is 0.288. The number of nitrogens with one attached hydrogen (secondary N) is 1. The number of benzene rings is 6. The van der Waals surface area contributed by atoms with Gasteiger partial charge in [0.25, 0.3) is 8.53 Å². The fourth-order valence-corrected chi connectivity index (χ4v) is 16.1. The van der Waals surface area contributed by atoms with Gasteiger partial charge in [0.15, 0.2) is 0 Å². The van der Waals surface area contributed by atoms with E-state index < -0.39 is 40.6 Å². The summed E-state index contributed by atoms with van der Waals surface area (Å²) >= 11 is 0. The second kappa shape index (κ2) is 18.3. The van der Waals surface area contributed by atoms with E-state index in [0.717, 1.165) is 64.7 Å². The molecule has 3 aliphatic heterocycles. The van der Waals surface area contributed by atoms with Gasteiger partial charge in [0.2, 0.25) is 0 Å². The van der Waals surface area contributed by atoms with Crippen LogP contribution in [0.25, 0.3) is 11.0 Å². The number of aromatic nitrogens is 2. The first kappa shape index (κ1) is 42.6. The average molecular weight is 892 g/mol. The summed E-state index contributed by atoms with van der Waals surface area (Å²) in [5, 5.41) is 2.80. The van der Waals surface area contributed by atoms with Crippen molar-refractivity contribution in [2.45, 2.75) is 68.0 Å². The zero-order valence-electron chi connectivity index (χ0n) is 36.4. The Hall–Kier alpha value is -5.36. The number of fused-ring (bicyclic) bond motifs is 2. The summed E-state index contributed by atoms with van der Waals surface area (Å²) < 4.78 is 44.4. The summed E-state index contributed by atoms with van der Waals surface area (Å²) in [6, 6.07) is 57.3. The Kier molecular flexibility index (Phi) is 12.1. The number of para-hydroxylation sites is 2. The summed E-state index contributed by atoms with van der Waals surface area (Å²) in [4.78, 5) is 16.8. The van der Waals surface area contributed by atoms with Crippen LogP contribution in [0.2, 0.25) is 12.6 Å². The first-order chi connectivity index (χ1) is 31.4. The predicted molar refractivity (Wildman–Crippen MR) is 254 cm³/mol. The number of rotatable bonds is 15. The maximum atomic E-state index is 13.7. The lowest BCUT2D eigenvalue weighted by Gasteiger charge is -2.37. The van der Waals surface area contributed by atoms with Crippen LogP contribution >= 0.6 is 8.53 Å². The van der Waals surface area contributed by atoms with E-state index in [1.807, 2.05) is 66.7 Å². The minimum Gasteiger partial charge on any atom is -0.497 e. The minimum absolute atomic E-state index is 0.00520. The predicted octanol–water partition coefficient (Wildman–Crippen LogP) is 9.01. The SMILES string of the molecule is COc1ccc(C(OC[C@H]2O[C@@H](n3c(=O)[nH]c4ccccc43)C[C@@H]2O[P@@]2O[C@H](C[Si](C)(c3ccccc3)c3ccccc3)[C@@H]3CCCN32)(c2ccccc2)c2ccc(OC)cc2)cc1. The van der Waals surface area contributed by atoms with E-state index in [9.17, 15) is 4.79 Å². The molecule has 7 aromatic rings. The number of H-pyrrole nitrogens is 1. The van der Waals surface area contributed by atoms with Crippen molar-refractivity contribution < 1.29 is 28.0 Å². The van der Waals surface area contributed by atoms with Crippen molar-refractivity contribution in [3.63, 3.8) is 0 Å². The molecule has 0 bridgehead atoms. The molecule has 328 valence electrons. The smallest absolute Gasteiger partial charge is 0.328 e. The van der Waals surface area contributed by atoms with Gasteiger partial charge in [0.1, 0.15) is 37.5 Å². The highest BCUT2D eigenvalue weighted by molar-refractivity contribution is 7.45. The molecule has 12 heteroatoms. The highest BCUT2D eigenvalue weighted by atomic mass is 31.2. The van der Waals surface area contributed by atoms with Crippen molar-refractivity contribution in [3.05, 3.63) is 191 Å². The van der Waals surface area contributed by atoms with Crippen molar-refractivity contribution in [1.82, 2.24) is 14.2 Å². The molecule has 4 heterocycles. The van der Waals surface area contributed by atoms with Gasteiger partial charge in [0.05, 0.1) is 44.1 Å². The Morgan fingerprint density at radius 2 is 1.28 bits per heavy atom. The summed E-state index contributed by atoms with van der Waals surface area (Å²) in [6.45, 7) is 3.54. The number of hydrogen-bond donors (Lipinski definition) is 1. The summed E-state index contributed by atoms with van der Waals surface area (Å²) in [7, 11) is -0.355. The van der Waals surface area contributed by atoms with Crippen molar-refractivity contribution in [2.24, 2.45) is 0 Å². The van der Waals surface area contributed by atoms with E-state index in [-0.39, 0.29) is 24.4 Å². The van der Waals surface area contributed by atoms with Gasteiger partial charge in [-0.15, -0.1) is 0 Å². The van der Waals surface area contributed by atoms with Crippen LogP contribution in [-0.2, 0) is 24.1 Å². The highest BCUT2D eigenvalue weighted by Crippen LogP contribution is 2.59. The molecule has 3 saturated heterocycles. The van der Waals surface area contributed by atoms with Gasteiger partial charge in [-0.3, -0.25) is 4.57 Å². The standard InChI is InChI=1S/C52H54N3O7PSi/c1-57-40-29-25-38(26-30-40)52(37-16-7-4-8-17-37,39-27-31-41(58-2)32-28-39)59-35-48-47(34-50(60-48)55-45-23-14-13-22-44(45)53-51(55)56)61-63-54-33-15-24-46(54)49(62-63)36-64(3,42-18-9-5-10-19-42)43-20-11-6-12-21-43/h4-14,16-23,25-32,46-50H,15,24,33-36H2,1-3H3,(H,53,56)/t46-,47-,48+,49+,50+,63-/m0/s1. The Bertz CT molecular complexity index is 2620. The van der Waals surface area contributed by atoms with Crippen LogP contribution in [0.15, 0.2) is 169 Å².